The summed E-state index contributed by atoms with van der Waals surface area (Å²) >= 11 is 0. The number of amides is 2. The van der Waals surface area contributed by atoms with Crippen LogP contribution in [-0.4, -0.2) is 63.7 Å². The van der Waals surface area contributed by atoms with Gasteiger partial charge in [-0.15, -0.1) is 0 Å². The van der Waals surface area contributed by atoms with Crippen LogP contribution < -0.4 is 10.6 Å². The molecule has 0 bridgehead atoms. The molecule has 0 unspecified atom stereocenters. The lowest BCUT2D eigenvalue weighted by Crippen LogP contribution is -2.45. The number of aryl methyl sites for hydroxylation is 1. The number of imidazole rings is 1. The van der Waals surface area contributed by atoms with E-state index in [9.17, 15) is 22.8 Å². The fraction of sp³-hybridized carbons (Fsp3) is 0.364. The van der Waals surface area contributed by atoms with Gasteiger partial charge in [-0.2, -0.15) is 13.2 Å². The maximum Gasteiger partial charge on any atom is 0.416 e. The van der Waals surface area contributed by atoms with Crippen LogP contribution in [0.25, 0.3) is 16.8 Å². The van der Waals surface area contributed by atoms with Crippen LogP contribution in [0.5, 0.6) is 0 Å². The molecule has 1 aliphatic heterocycles. The molecule has 2 aliphatic rings. The Kier molecular flexibility index (Phi) is 8.17. The van der Waals surface area contributed by atoms with Crippen molar-refractivity contribution in [3.05, 3.63) is 83.2 Å². The summed E-state index contributed by atoms with van der Waals surface area (Å²) in [5.74, 6) is 0.0245. The number of rotatable bonds is 8. The van der Waals surface area contributed by atoms with Gasteiger partial charge in [0.25, 0.3) is 5.91 Å². The first-order valence-electron chi connectivity index (χ1n) is 14.9. The minimum atomic E-state index is -4.54. The molecule has 11 heteroatoms. The zero-order valence-corrected chi connectivity index (χ0v) is 24.7. The van der Waals surface area contributed by atoms with Crippen molar-refractivity contribution >= 4 is 29.0 Å². The molecule has 8 nitrogen and oxygen atoms in total. The van der Waals surface area contributed by atoms with Crippen molar-refractivity contribution in [3.8, 4) is 11.1 Å². The number of nitrogens with zero attached hydrogens (tertiary/aromatic N) is 4. The summed E-state index contributed by atoms with van der Waals surface area (Å²) in [5, 5.41) is 5.56. The van der Waals surface area contributed by atoms with E-state index in [1.165, 1.54) is 6.07 Å². The van der Waals surface area contributed by atoms with Gasteiger partial charge < -0.3 is 19.9 Å². The number of hydrogen-bond acceptors (Lipinski definition) is 5. The van der Waals surface area contributed by atoms with E-state index in [2.05, 4.69) is 32.3 Å². The number of pyridine rings is 1. The lowest BCUT2D eigenvalue weighted by atomic mass is 9.99. The van der Waals surface area contributed by atoms with Gasteiger partial charge >= 0.3 is 6.18 Å². The van der Waals surface area contributed by atoms with E-state index in [1.807, 2.05) is 35.7 Å². The van der Waals surface area contributed by atoms with Gasteiger partial charge in [0, 0.05) is 56.1 Å². The SMILES string of the molecule is CCN1CCN(Cc2cc(NC(=O)c3ccc(C)c(-c4ccc5nc(NC(=O)C6CC6)cn5c4)c3)cc(C(F)(F)F)c2)CC1. The molecular formula is C33H35F3N6O2. The maximum absolute atomic E-state index is 13.8. The van der Waals surface area contributed by atoms with Crippen LogP contribution in [-0.2, 0) is 17.5 Å². The highest BCUT2D eigenvalue weighted by atomic mass is 19.4. The standard InChI is InChI=1S/C33H35F3N6O2/c1-3-40-10-12-41(13-11-40)18-22-14-26(33(34,35)36)17-27(15-22)37-32(44)24-5-4-21(2)28(16-24)25-8-9-30-38-29(20-42(30)19-25)39-31(43)23-6-7-23/h4-5,8-9,14-17,19-20,23H,3,6-7,10-13,18H2,1-2H3,(H,37,44)(H,39,43). The van der Waals surface area contributed by atoms with E-state index < -0.39 is 17.6 Å². The number of carbonyl (C=O) groups excluding carboxylic acids is 2. The zero-order valence-electron chi connectivity index (χ0n) is 24.7. The van der Waals surface area contributed by atoms with Crippen molar-refractivity contribution in [3.63, 3.8) is 0 Å². The fourth-order valence-corrected chi connectivity index (χ4v) is 5.60. The van der Waals surface area contributed by atoms with Gasteiger partial charge in [-0.1, -0.05) is 13.0 Å². The molecule has 1 aliphatic carbocycles. The molecule has 2 amide bonds. The van der Waals surface area contributed by atoms with Gasteiger partial charge in [0.2, 0.25) is 5.91 Å². The fourth-order valence-electron chi connectivity index (χ4n) is 5.60. The summed E-state index contributed by atoms with van der Waals surface area (Å²) in [6, 6.07) is 12.7. The topological polar surface area (TPSA) is 82.0 Å². The average molecular weight is 605 g/mol. The minimum Gasteiger partial charge on any atom is -0.322 e. The van der Waals surface area contributed by atoms with Crippen LogP contribution in [0.15, 0.2) is 60.9 Å². The number of piperazine rings is 1. The average Bonchev–Trinajstić information content (AvgIpc) is 3.77. The summed E-state index contributed by atoms with van der Waals surface area (Å²) in [7, 11) is 0. The van der Waals surface area contributed by atoms with Gasteiger partial charge in [0.05, 0.1) is 11.8 Å². The van der Waals surface area contributed by atoms with E-state index in [0.717, 1.165) is 68.3 Å². The second kappa shape index (κ2) is 12.0. The van der Waals surface area contributed by atoms with Gasteiger partial charge in [0.15, 0.2) is 5.82 Å². The second-order valence-corrected chi connectivity index (χ2v) is 11.7. The number of halogens is 3. The van der Waals surface area contributed by atoms with Gasteiger partial charge in [-0.05, 0) is 91.0 Å². The Balaban J connectivity index is 1.22. The first kappa shape index (κ1) is 29.8. The predicted octanol–water partition coefficient (Wildman–Crippen LogP) is 6.07. The number of alkyl halides is 3. The normalized spacial score (nSPS) is 16.3. The van der Waals surface area contributed by atoms with E-state index in [4.69, 9.17) is 0 Å². The first-order valence-corrected chi connectivity index (χ1v) is 14.9. The molecular weight excluding hydrogens is 569 g/mol. The van der Waals surface area contributed by atoms with Crippen molar-refractivity contribution in [1.82, 2.24) is 19.2 Å². The smallest absolute Gasteiger partial charge is 0.322 e. The molecule has 4 aromatic rings. The lowest BCUT2D eigenvalue weighted by molar-refractivity contribution is -0.137. The number of likely N-dealkylation sites (N-methyl/N-ethyl adjacent to an activating group) is 1. The Morgan fingerprint density at radius 3 is 2.39 bits per heavy atom. The molecule has 0 radical (unpaired) electrons. The van der Waals surface area contributed by atoms with Gasteiger partial charge in [0.1, 0.15) is 5.65 Å². The third-order valence-corrected chi connectivity index (χ3v) is 8.36. The van der Waals surface area contributed by atoms with E-state index >= 15 is 0 Å². The summed E-state index contributed by atoms with van der Waals surface area (Å²) in [4.78, 5) is 34.4. The van der Waals surface area contributed by atoms with Crippen LogP contribution in [0, 0.1) is 12.8 Å². The third kappa shape index (κ3) is 6.79. The summed E-state index contributed by atoms with van der Waals surface area (Å²) < 4.78 is 43.3. The van der Waals surface area contributed by atoms with Crippen molar-refractivity contribution in [2.45, 2.75) is 39.4 Å². The molecule has 2 fully saturated rings. The number of aromatic nitrogens is 2. The number of anilines is 2. The quantitative estimate of drug-likeness (QED) is 0.255. The van der Waals surface area contributed by atoms with Crippen LogP contribution in [0.3, 0.4) is 0 Å². The molecule has 2 aromatic carbocycles. The maximum atomic E-state index is 13.8. The van der Waals surface area contributed by atoms with Crippen LogP contribution >= 0.6 is 0 Å². The van der Waals surface area contributed by atoms with Crippen molar-refractivity contribution < 1.29 is 22.8 Å². The molecule has 1 saturated carbocycles. The molecule has 44 heavy (non-hydrogen) atoms. The van der Waals surface area contributed by atoms with Crippen molar-refractivity contribution in [1.29, 1.82) is 0 Å². The minimum absolute atomic E-state index is 0.0223. The summed E-state index contributed by atoms with van der Waals surface area (Å²) in [6.07, 6.45) is 0.884. The van der Waals surface area contributed by atoms with E-state index in [-0.39, 0.29) is 17.5 Å². The Morgan fingerprint density at radius 2 is 1.68 bits per heavy atom. The Morgan fingerprint density at radius 1 is 0.932 bits per heavy atom. The molecule has 0 atom stereocenters. The molecule has 1 saturated heterocycles. The number of hydrogen-bond donors (Lipinski definition) is 2. The Labute approximate surface area is 253 Å². The molecule has 0 spiro atoms. The van der Waals surface area contributed by atoms with E-state index in [0.29, 0.717) is 29.1 Å². The highest BCUT2D eigenvalue weighted by Crippen LogP contribution is 2.33. The highest BCUT2D eigenvalue weighted by Gasteiger charge is 2.32. The van der Waals surface area contributed by atoms with Crippen LogP contribution in [0.1, 0.15) is 46.8 Å². The largest absolute Gasteiger partial charge is 0.416 e. The monoisotopic (exact) mass is 604 g/mol. The van der Waals surface area contributed by atoms with Gasteiger partial charge in [-0.25, -0.2) is 4.98 Å². The number of nitrogens with one attached hydrogen (secondary N) is 2. The first-order chi connectivity index (χ1) is 21.1. The zero-order chi connectivity index (χ0) is 31.0. The summed E-state index contributed by atoms with van der Waals surface area (Å²) in [5.41, 5.74) is 3.36. The van der Waals surface area contributed by atoms with E-state index in [1.54, 1.807) is 24.4 Å². The molecule has 230 valence electrons. The Bertz CT molecular complexity index is 1700. The van der Waals surface area contributed by atoms with Gasteiger partial charge in [-0.3, -0.25) is 14.5 Å². The molecule has 3 heterocycles. The number of fused-ring (bicyclic) bond motifs is 1. The number of benzene rings is 2. The number of carbonyl (C=O) groups is 2. The third-order valence-electron chi connectivity index (χ3n) is 8.36. The molecule has 6 rings (SSSR count). The molecule has 2 aromatic heterocycles. The predicted molar refractivity (Wildman–Crippen MR) is 164 cm³/mol. The second-order valence-electron chi connectivity index (χ2n) is 11.7. The summed E-state index contributed by atoms with van der Waals surface area (Å²) in [6.45, 7) is 8.66. The van der Waals surface area contributed by atoms with Crippen LogP contribution in [0.4, 0.5) is 24.7 Å². The lowest BCUT2D eigenvalue weighted by Gasteiger charge is -2.34. The van der Waals surface area contributed by atoms with Crippen LogP contribution in [0.2, 0.25) is 0 Å². The Hall–Kier alpha value is -4.22. The highest BCUT2D eigenvalue weighted by molar-refractivity contribution is 6.05. The van der Waals surface area contributed by atoms with Crippen molar-refractivity contribution in [2.24, 2.45) is 5.92 Å². The van der Waals surface area contributed by atoms with Crippen molar-refractivity contribution in [2.75, 3.05) is 43.4 Å². The molecule has 2 N–H and O–H groups in total.